The van der Waals surface area contributed by atoms with Crippen LogP contribution in [0.5, 0.6) is 0 Å². The topological polar surface area (TPSA) is 25.8 Å². The van der Waals surface area contributed by atoms with Crippen LogP contribution in [0.15, 0.2) is 91.3 Å². The van der Waals surface area contributed by atoms with Crippen molar-refractivity contribution in [2.24, 2.45) is 0 Å². The fourth-order valence-electron chi connectivity index (χ4n) is 4.25. The summed E-state index contributed by atoms with van der Waals surface area (Å²) >= 11 is 1.76. The van der Waals surface area contributed by atoms with E-state index in [9.17, 15) is 0 Å². The molecule has 0 aliphatic heterocycles. The smallest absolute Gasteiger partial charge is 0.0783 e. The third kappa shape index (κ3) is 6.03. The van der Waals surface area contributed by atoms with E-state index in [0.29, 0.717) is 0 Å². The van der Waals surface area contributed by atoms with Crippen molar-refractivity contribution in [2.45, 2.75) is 33.3 Å². The first-order valence-corrected chi connectivity index (χ1v) is 16.3. The summed E-state index contributed by atoms with van der Waals surface area (Å²) in [6.45, 7) is 2.89. The molecule has 0 unspecified atom stereocenters. The minimum Gasteiger partial charge on any atom is -0.304 e. The van der Waals surface area contributed by atoms with Gasteiger partial charge in [0.2, 0.25) is 0 Å². The van der Waals surface area contributed by atoms with Gasteiger partial charge < -0.3 is 9.97 Å². The second-order valence-corrected chi connectivity index (χ2v) is 15.9. The zero-order valence-corrected chi connectivity index (χ0v) is 25.5. The molecular weight excluding hydrogens is 677 g/mol. The molecule has 6 aromatic rings. The number of fused-ring (bicyclic) bond motifs is 3. The number of pyridine rings is 2. The first kappa shape index (κ1) is 20.9. The van der Waals surface area contributed by atoms with Crippen LogP contribution in [0.3, 0.4) is 0 Å². The SMILES string of the molecule is [2H]C([2H])([2H])c1ccc(-c2[c-]ccc3c2sc2cccc([Si](C)(C)C)c23)nc1.[2H]C([2H])([2H])c1ccc(-c2[c-]cccc2)nc1.[Ir]. The van der Waals surface area contributed by atoms with Crippen LogP contribution in [0.1, 0.15) is 19.4 Å². The molecule has 0 saturated carbocycles. The van der Waals surface area contributed by atoms with E-state index in [-0.39, 0.29) is 31.2 Å². The Morgan fingerprint density at radius 2 is 1.50 bits per heavy atom. The van der Waals surface area contributed by atoms with E-state index < -0.39 is 21.8 Å². The van der Waals surface area contributed by atoms with E-state index in [1.54, 1.807) is 41.7 Å². The first-order valence-electron chi connectivity index (χ1n) is 15.0. The summed E-state index contributed by atoms with van der Waals surface area (Å²) in [7, 11) is -1.49. The predicted octanol–water partition coefficient (Wildman–Crippen LogP) is 8.63. The maximum absolute atomic E-state index is 7.53. The molecule has 0 N–H and O–H groups in total. The Labute approximate surface area is 252 Å². The van der Waals surface area contributed by atoms with Gasteiger partial charge >= 0.3 is 0 Å². The van der Waals surface area contributed by atoms with E-state index in [2.05, 4.69) is 66.0 Å². The quantitative estimate of drug-likeness (QED) is 0.136. The Kier molecular flexibility index (Phi) is 6.52. The van der Waals surface area contributed by atoms with Gasteiger partial charge in [-0.15, -0.1) is 59.7 Å². The van der Waals surface area contributed by atoms with Crippen LogP contribution in [-0.4, -0.2) is 18.0 Å². The van der Waals surface area contributed by atoms with Crippen molar-refractivity contribution in [1.29, 1.82) is 0 Å². The Balaban J connectivity index is 0.000000223. The summed E-state index contributed by atoms with van der Waals surface area (Å²) in [5.74, 6) is 0. The molecule has 0 amide bonds. The Bertz CT molecular complexity index is 1860. The summed E-state index contributed by atoms with van der Waals surface area (Å²) in [5.41, 5.74) is 3.80. The molecule has 0 atom stereocenters. The molecular formula is C33H30IrN2SSi-2. The fraction of sp³-hybridized carbons (Fsp3) is 0.152. The predicted molar refractivity (Wildman–Crippen MR) is 162 cm³/mol. The molecule has 3 aromatic heterocycles. The van der Waals surface area contributed by atoms with E-state index >= 15 is 0 Å². The minimum absolute atomic E-state index is 0. The van der Waals surface area contributed by atoms with Crippen LogP contribution in [0.25, 0.3) is 42.7 Å². The average Bonchev–Trinajstić information content (AvgIpc) is 3.36. The number of aromatic nitrogens is 2. The number of thiophene rings is 1. The van der Waals surface area contributed by atoms with Crippen LogP contribution in [0.2, 0.25) is 19.6 Å². The number of hydrogen-bond donors (Lipinski definition) is 0. The van der Waals surface area contributed by atoms with Gasteiger partial charge in [0, 0.05) is 45.4 Å². The van der Waals surface area contributed by atoms with Crippen molar-refractivity contribution in [3.63, 3.8) is 0 Å². The van der Waals surface area contributed by atoms with Crippen LogP contribution < -0.4 is 5.19 Å². The molecule has 5 heteroatoms. The Morgan fingerprint density at radius 1 is 0.763 bits per heavy atom. The molecule has 0 bridgehead atoms. The van der Waals surface area contributed by atoms with Crippen molar-refractivity contribution >= 4 is 44.8 Å². The third-order valence-corrected chi connectivity index (χ3v) is 9.25. The van der Waals surface area contributed by atoms with Gasteiger partial charge in [0.1, 0.15) is 0 Å². The summed E-state index contributed by atoms with van der Waals surface area (Å²) < 4.78 is 46.7. The number of benzene rings is 3. The standard InChI is InChI=1S/C21H20NSSi.C12H10N.Ir/c1-14-11-12-17(22-13-14)15-7-5-8-16-20-18(23-21(15)16)9-6-10-19(20)24(2,3)4;1-10-7-8-12(13-9-10)11-5-3-2-4-6-11;/h5-6,8-13H,1-4H3;2-5,7-9H,1H3;/q2*-1;/i2*1D3;. The molecule has 0 fully saturated rings. The molecule has 6 rings (SSSR count). The summed E-state index contributed by atoms with van der Waals surface area (Å²) in [6, 6.07) is 31.2. The van der Waals surface area contributed by atoms with Gasteiger partial charge in [-0.05, 0) is 52.4 Å². The van der Waals surface area contributed by atoms with Crippen molar-refractivity contribution in [1.82, 2.24) is 9.97 Å². The molecule has 0 aliphatic rings. The molecule has 193 valence electrons. The van der Waals surface area contributed by atoms with Crippen molar-refractivity contribution in [3.05, 3.63) is 115 Å². The molecule has 1 radical (unpaired) electrons. The van der Waals surface area contributed by atoms with Crippen molar-refractivity contribution < 1.29 is 28.3 Å². The van der Waals surface area contributed by atoms with Gasteiger partial charge in [0.25, 0.3) is 0 Å². The van der Waals surface area contributed by atoms with Crippen LogP contribution in [-0.2, 0) is 20.1 Å². The van der Waals surface area contributed by atoms with Gasteiger partial charge in [-0.2, -0.15) is 11.3 Å². The second kappa shape index (κ2) is 11.8. The molecule has 3 aromatic carbocycles. The minimum atomic E-state index is -2.13. The monoisotopic (exact) mass is 713 g/mol. The Hall–Kier alpha value is -2.95. The molecule has 2 nitrogen and oxygen atoms in total. The Morgan fingerprint density at radius 3 is 2.11 bits per heavy atom. The molecule has 0 spiro atoms. The van der Waals surface area contributed by atoms with Gasteiger partial charge in [-0.1, -0.05) is 66.6 Å². The van der Waals surface area contributed by atoms with Crippen LogP contribution in [0.4, 0.5) is 0 Å². The largest absolute Gasteiger partial charge is 0.304 e. The molecule has 3 heterocycles. The number of rotatable bonds is 3. The van der Waals surface area contributed by atoms with E-state index in [0.717, 1.165) is 27.2 Å². The number of aryl methyl sites for hydroxylation is 2. The molecule has 0 aliphatic carbocycles. The van der Waals surface area contributed by atoms with Crippen molar-refractivity contribution in [2.75, 3.05) is 0 Å². The normalized spacial score (nSPS) is 14.1. The van der Waals surface area contributed by atoms with E-state index in [1.165, 1.54) is 33.1 Å². The zero-order chi connectivity index (χ0) is 31.0. The number of hydrogen-bond acceptors (Lipinski definition) is 3. The zero-order valence-electron chi connectivity index (χ0n) is 27.3. The van der Waals surface area contributed by atoms with Gasteiger partial charge in [-0.25, -0.2) is 0 Å². The van der Waals surface area contributed by atoms with Gasteiger partial charge in [-0.3, -0.25) is 0 Å². The fourth-order valence-corrected chi connectivity index (χ4v) is 7.19. The van der Waals surface area contributed by atoms with E-state index in [4.69, 9.17) is 8.22 Å². The summed E-state index contributed by atoms with van der Waals surface area (Å²) in [4.78, 5) is 8.56. The molecule has 38 heavy (non-hydrogen) atoms. The summed E-state index contributed by atoms with van der Waals surface area (Å²) in [6.07, 6.45) is 2.85. The van der Waals surface area contributed by atoms with Crippen LogP contribution in [0, 0.1) is 25.8 Å². The first-order chi connectivity index (χ1) is 20.2. The van der Waals surface area contributed by atoms with Gasteiger partial charge in [0.05, 0.1) is 8.07 Å². The maximum Gasteiger partial charge on any atom is 0.0783 e. The summed E-state index contributed by atoms with van der Waals surface area (Å²) in [5, 5.41) is 4.06. The molecule has 0 saturated heterocycles. The van der Waals surface area contributed by atoms with Gasteiger partial charge in [0.15, 0.2) is 0 Å². The van der Waals surface area contributed by atoms with Crippen LogP contribution >= 0.6 is 11.3 Å². The number of nitrogens with zero attached hydrogens (tertiary/aromatic N) is 2. The third-order valence-electron chi connectivity index (χ3n) is 6.03. The van der Waals surface area contributed by atoms with E-state index in [1.807, 2.05) is 24.3 Å². The average molecular weight is 713 g/mol. The second-order valence-electron chi connectivity index (χ2n) is 9.77. The van der Waals surface area contributed by atoms with Crippen molar-refractivity contribution in [3.8, 4) is 22.5 Å². The maximum atomic E-state index is 7.53.